The minimum atomic E-state index is -3.14. The van der Waals surface area contributed by atoms with Crippen LogP contribution in [0.3, 0.4) is 0 Å². The quantitative estimate of drug-likeness (QED) is 0.140. The maximum Gasteiger partial charge on any atom is 0.248 e. The number of halogens is 5. The van der Waals surface area contributed by atoms with Gasteiger partial charge < -0.3 is 9.05 Å². The van der Waals surface area contributed by atoms with E-state index in [1.54, 1.807) is 0 Å². The van der Waals surface area contributed by atoms with Crippen LogP contribution in [0.15, 0.2) is 0 Å². The molecule has 0 aliphatic carbocycles. The first kappa shape index (κ1) is 26.8. The molecular formula is C19H28F5O2PS2. The summed E-state index contributed by atoms with van der Waals surface area (Å²) in [5, 5.41) is 0. The second-order valence-corrected chi connectivity index (χ2v) is 13.6. The summed E-state index contributed by atoms with van der Waals surface area (Å²) >= 11 is 6.42. The Balaban J connectivity index is 3.24. The van der Waals surface area contributed by atoms with Gasteiger partial charge in [-0.1, -0.05) is 52.9 Å². The lowest BCUT2D eigenvalue weighted by molar-refractivity contribution is 0.100. The van der Waals surface area contributed by atoms with Crippen LogP contribution in [0.2, 0.25) is 0 Å². The summed E-state index contributed by atoms with van der Waals surface area (Å²) < 4.78 is 80.6. The molecule has 1 rings (SSSR count). The predicted octanol–water partition coefficient (Wildman–Crippen LogP) is 7.74. The number of benzene rings is 1. The highest BCUT2D eigenvalue weighted by atomic mass is 32.9. The van der Waals surface area contributed by atoms with E-state index in [1.165, 1.54) is 0 Å². The van der Waals surface area contributed by atoms with Gasteiger partial charge in [0.25, 0.3) is 0 Å². The second-order valence-electron chi connectivity index (χ2n) is 7.36. The van der Waals surface area contributed by atoms with E-state index in [0.717, 1.165) is 11.4 Å². The molecule has 0 radical (unpaired) electrons. The number of hydrogen-bond donors (Lipinski definition) is 0. The summed E-state index contributed by atoms with van der Waals surface area (Å²) in [7, 11) is 0. The van der Waals surface area contributed by atoms with Crippen LogP contribution in [-0.4, -0.2) is 12.2 Å². The van der Waals surface area contributed by atoms with Gasteiger partial charge in [0.1, 0.15) is 0 Å². The molecule has 0 aliphatic rings. The highest BCUT2D eigenvalue weighted by Crippen LogP contribution is 2.65. The van der Waals surface area contributed by atoms with E-state index in [9.17, 15) is 22.0 Å². The Bertz CT molecular complexity index is 695. The molecule has 0 spiro atoms. The monoisotopic (exact) mass is 478 g/mol. The summed E-state index contributed by atoms with van der Waals surface area (Å²) in [6, 6.07) is 0. The first-order valence-corrected chi connectivity index (χ1v) is 13.7. The molecule has 0 heterocycles. The van der Waals surface area contributed by atoms with E-state index in [1.807, 2.05) is 41.5 Å². The highest BCUT2D eigenvalue weighted by Gasteiger charge is 2.32. The minimum absolute atomic E-state index is 0.111. The van der Waals surface area contributed by atoms with Gasteiger partial charge in [-0.2, -0.15) is 0 Å². The van der Waals surface area contributed by atoms with Crippen LogP contribution in [0.5, 0.6) is 0 Å². The van der Waals surface area contributed by atoms with Crippen molar-refractivity contribution in [2.24, 2.45) is 11.8 Å². The van der Waals surface area contributed by atoms with Crippen molar-refractivity contribution in [3.05, 3.63) is 34.6 Å². The zero-order valence-electron chi connectivity index (χ0n) is 17.4. The van der Waals surface area contributed by atoms with Gasteiger partial charge in [0.15, 0.2) is 23.3 Å². The molecule has 0 saturated heterocycles. The Labute approximate surface area is 178 Å². The van der Waals surface area contributed by atoms with Crippen molar-refractivity contribution < 1.29 is 31.0 Å². The number of rotatable bonds is 11. The third kappa shape index (κ3) is 6.89. The fourth-order valence-corrected chi connectivity index (χ4v) is 7.86. The summed E-state index contributed by atoms with van der Waals surface area (Å²) in [5.74, 6) is -10.2. The van der Waals surface area contributed by atoms with Gasteiger partial charge in [0.05, 0.1) is 12.2 Å². The van der Waals surface area contributed by atoms with Crippen LogP contribution >= 0.6 is 17.1 Å². The van der Waals surface area contributed by atoms with Crippen molar-refractivity contribution in [3.63, 3.8) is 0 Å². The van der Waals surface area contributed by atoms with E-state index >= 15 is 0 Å². The second kappa shape index (κ2) is 11.4. The van der Waals surface area contributed by atoms with E-state index < -0.39 is 46.1 Å². The average Bonchev–Trinajstić information content (AvgIpc) is 2.66. The molecule has 0 saturated carbocycles. The summed E-state index contributed by atoms with van der Waals surface area (Å²) in [4.78, 5) is 0. The van der Waals surface area contributed by atoms with Gasteiger partial charge in [-0.05, 0) is 36.5 Å². The molecule has 0 N–H and O–H groups in total. The molecule has 168 valence electrons. The van der Waals surface area contributed by atoms with E-state index in [-0.39, 0.29) is 24.0 Å². The third-order valence-corrected chi connectivity index (χ3v) is 9.60. The van der Waals surface area contributed by atoms with Gasteiger partial charge in [0.2, 0.25) is 11.5 Å². The van der Waals surface area contributed by atoms with Crippen LogP contribution < -0.4 is 0 Å². The fraction of sp³-hybridized carbons (Fsp3) is 0.684. The first-order valence-electron chi connectivity index (χ1n) is 9.50. The Morgan fingerprint density at radius 2 is 1.10 bits per heavy atom. The molecule has 0 bridgehead atoms. The molecule has 2 nitrogen and oxygen atoms in total. The smallest absolute Gasteiger partial charge is 0.248 e. The van der Waals surface area contributed by atoms with Crippen molar-refractivity contribution >= 4 is 28.9 Å². The topological polar surface area (TPSA) is 18.5 Å². The molecular weight excluding hydrogens is 450 g/mol. The zero-order chi connectivity index (χ0) is 22.5. The molecule has 2 atom stereocenters. The van der Waals surface area contributed by atoms with Crippen molar-refractivity contribution in [3.8, 4) is 0 Å². The Morgan fingerprint density at radius 3 is 1.41 bits per heavy atom. The summed E-state index contributed by atoms with van der Waals surface area (Å²) in [6.07, 6.45) is 0.769. The lowest BCUT2D eigenvalue weighted by atomic mass is 10.1. The molecule has 29 heavy (non-hydrogen) atoms. The normalized spacial score (nSPS) is 16.3. The van der Waals surface area contributed by atoms with Gasteiger partial charge in [-0.15, -0.1) is 0 Å². The molecule has 0 aliphatic heterocycles. The van der Waals surface area contributed by atoms with Crippen molar-refractivity contribution in [1.82, 2.24) is 0 Å². The fourth-order valence-electron chi connectivity index (χ4n) is 2.67. The predicted molar refractivity (Wildman–Crippen MR) is 112 cm³/mol. The third-order valence-electron chi connectivity index (χ3n) is 4.49. The molecule has 1 aromatic carbocycles. The first-order chi connectivity index (χ1) is 13.4. The molecule has 0 fully saturated rings. The standard InChI is InChI=1S/C19H28F5O2PS2/c1-7-13(10(3)4)25-27(28,26-14(8-2)11(5)6)29-9-12-15(20)17(22)19(24)18(23)16(12)21/h10-11,13-14H,7-9H2,1-6H3. The van der Waals surface area contributed by atoms with Crippen LogP contribution in [-0.2, 0) is 26.6 Å². The van der Waals surface area contributed by atoms with Crippen molar-refractivity contribution in [2.45, 2.75) is 72.3 Å². The van der Waals surface area contributed by atoms with E-state index in [2.05, 4.69) is 0 Å². The Hall–Kier alpha value is -0.210. The van der Waals surface area contributed by atoms with Gasteiger partial charge in [-0.25, -0.2) is 22.0 Å². The van der Waals surface area contributed by atoms with Gasteiger partial charge in [-0.3, -0.25) is 0 Å². The van der Waals surface area contributed by atoms with Crippen LogP contribution in [0.4, 0.5) is 22.0 Å². The average molecular weight is 479 g/mol. The Kier molecular flexibility index (Phi) is 10.6. The van der Waals surface area contributed by atoms with Crippen LogP contribution in [0.1, 0.15) is 59.9 Å². The van der Waals surface area contributed by atoms with Crippen molar-refractivity contribution in [1.29, 1.82) is 0 Å². The summed E-state index contributed by atoms with van der Waals surface area (Å²) in [5.41, 5.74) is -4.07. The minimum Gasteiger partial charge on any atom is -0.318 e. The van der Waals surface area contributed by atoms with Crippen molar-refractivity contribution in [2.75, 3.05) is 0 Å². The van der Waals surface area contributed by atoms with Gasteiger partial charge in [0, 0.05) is 11.3 Å². The molecule has 0 amide bonds. The lowest BCUT2D eigenvalue weighted by Gasteiger charge is -2.32. The number of hydrogen-bond acceptors (Lipinski definition) is 4. The molecule has 1 aromatic rings. The largest absolute Gasteiger partial charge is 0.318 e. The molecule has 10 heteroatoms. The van der Waals surface area contributed by atoms with E-state index in [0.29, 0.717) is 12.8 Å². The molecule has 2 unspecified atom stereocenters. The zero-order valence-corrected chi connectivity index (χ0v) is 19.9. The maximum atomic E-state index is 14.1. The van der Waals surface area contributed by atoms with Crippen LogP contribution in [0.25, 0.3) is 0 Å². The molecule has 0 aromatic heterocycles. The SMILES string of the molecule is CCC(OP(=S)(OC(CC)C(C)C)SCc1c(F)c(F)c(F)c(F)c1F)C(C)C. The van der Waals surface area contributed by atoms with Gasteiger partial charge >= 0.3 is 0 Å². The lowest BCUT2D eigenvalue weighted by Crippen LogP contribution is -2.21. The van der Waals surface area contributed by atoms with E-state index in [4.69, 9.17) is 20.9 Å². The van der Waals surface area contributed by atoms with Crippen LogP contribution in [0, 0.1) is 40.9 Å². The maximum absolute atomic E-state index is 14.1. The highest BCUT2D eigenvalue weighted by molar-refractivity contribution is 8.67. The Morgan fingerprint density at radius 1 is 0.759 bits per heavy atom. The summed E-state index contributed by atoms with van der Waals surface area (Å²) in [6.45, 7) is 11.6.